The molecule has 0 aliphatic carbocycles. The van der Waals surface area contributed by atoms with Crippen molar-refractivity contribution < 1.29 is 28.7 Å². The Bertz CT molecular complexity index is 1260. The number of ketones is 1. The van der Waals surface area contributed by atoms with Gasteiger partial charge in [0.1, 0.15) is 11.2 Å². The van der Waals surface area contributed by atoms with Crippen molar-refractivity contribution in [1.82, 2.24) is 14.8 Å². The van der Waals surface area contributed by atoms with Crippen LogP contribution in [-0.2, 0) is 23.9 Å². The molecule has 0 radical (unpaired) electrons. The van der Waals surface area contributed by atoms with E-state index in [-0.39, 0.29) is 5.91 Å². The van der Waals surface area contributed by atoms with Crippen LogP contribution in [0.3, 0.4) is 0 Å². The highest BCUT2D eigenvalue weighted by Crippen LogP contribution is 2.37. The number of likely N-dealkylation sites (N-methyl/N-ethyl adjacent to an activating group) is 2. The molecule has 2 amide bonds. The number of carbonyl (C=O) groups is 4. The molecule has 2 unspecified atom stereocenters. The number of anilines is 3. The fourth-order valence-corrected chi connectivity index (χ4v) is 6.16. The van der Waals surface area contributed by atoms with Crippen LogP contribution in [0.4, 0.5) is 22.1 Å². The SMILES string of the molecule is C=CCN(CC)c1ccc(N(CC)CC=C)c(N2CCN(C(=O)OCC(=O)OC3C(=O)C(C)(C)C(=O)N4CCCC34)CC2)n1. The first-order valence-corrected chi connectivity index (χ1v) is 15.5. The molecule has 4 rings (SSSR count). The van der Waals surface area contributed by atoms with E-state index in [2.05, 4.69) is 47.8 Å². The van der Waals surface area contributed by atoms with Gasteiger partial charge in [0.05, 0.1) is 11.7 Å². The molecule has 1 aromatic rings. The van der Waals surface area contributed by atoms with Crippen LogP contribution in [-0.4, -0.2) is 116 Å². The van der Waals surface area contributed by atoms with E-state index in [1.807, 2.05) is 18.2 Å². The minimum Gasteiger partial charge on any atom is -0.450 e. The molecule has 44 heavy (non-hydrogen) atoms. The van der Waals surface area contributed by atoms with Gasteiger partial charge in [-0.15, -0.1) is 13.2 Å². The highest BCUT2D eigenvalue weighted by Gasteiger charge is 2.55. The summed E-state index contributed by atoms with van der Waals surface area (Å²) < 4.78 is 10.8. The normalized spacial score (nSPS) is 21.0. The number of rotatable bonds is 12. The Kier molecular flexibility index (Phi) is 10.5. The molecule has 3 saturated heterocycles. The number of amides is 2. The van der Waals surface area contributed by atoms with Crippen molar-refractivity contribution >= 4 is 41.1 Å². The lowest BCUT2D eigenvalue weighted by Gasteiger charge is -2.42. The monoisotopic (exact) mass is 610 g/mol. The summed E-state index contributed by atoms with van der Waals surface area (Å²) in [4.78, 5) is 66.1. The Balaban J connectivity index is 1.37. The maximum Gasteiger partial charge on any atom is 0.410 e. The molecule has 4 heterocycles. The summed E-state index contributed by atoms with van der Waals surface area (Å²) in [5.74, 6) is 0.232. The number of hydrogen-bond donors (Lipinski definition) is 0. The molecule has 0 bridgehead atoms. The molecule has 12 nitrogen and oxygen atoms in total. The van der Waals surface area contributed by atoms with E-state index < -0.39 is 42.0 Å². The van der Waals surface area contributed by atoms with Gasteiger partial charge in [0.25, 0.3) is 0 Å². The quantitative estimate of drug-likeness (QED) is 0.199. The van der Waals surface area contributed by atoms with Crippen molar-refractivity contribution in [3.05, 3.63) is 37.4 Å². The maximum atomic E-state index is 13.0. The number of aromatic nitrogens is 1. The fraction of sp³-hybridized carbons (Fsp3) is 0.594. The molecule has 3 aliphatic heterocycles. The van der Waals surface area contributed by atoms with E-state index >= 15 is 0 Å². The van der Waals surface area contributed by atoms with Gasteiger partial charge in [-0.05, 0) is 52.7 Å². The third-order valence-corrected chi connectivity index (χ3v) is 8.69. The third kappa shape index (κ3) is 6.68. The average Bonchev–Trinajstić information content (AvgIpc) is 3.52. The summed E-state index contributed by atoms with van der Waals surface area (Å²) in [6, 6.07) is 3.64. The van der Waals surface area contributed by atoms with Crippen LogP contribution in [0.2, 0.25) is 0 Å². The topological polar surface area (TPSA) is 116 Å². The molecule has 240 valence electrons. The molecule has 12 heteroatoms. The van der Waals surface area contributed by atoms with Gasteiger partial charge in [0.2, 0.25) is 5.91 Å². The molecule has 0 N–H and O–H groups in total. The van der Waals surface area contributed by atoms with Crippen molar-refractivity contribution in [2.45, 2.75) is 52.7 Å². The molecule has 0 spiro atoms. The van der Waals surface area contributed by atoms with Crippen LogP contribution < -0.4 is 14.7 Å². The second-order valence-electron chi connectivity index (χ2n) is 11.8. The Morgan fingerprint density at radius 3 is 2.32 bits per heavy atom. The van der Waals surface area contributed by atoms with E-state index in [1.165, 1.54) is 0 Å². The van der Waals surface area contributed by atoms with Gasteiger partial charge in [-0.1, -0.05) is 12.2 Å². The van der Waals surface area contributed by atoms with E-state index in [0.29, 0.717) is 52.2 Å². The first-order chi connectivity index (χ1) is 21.1. The minimum atomic E-state index is -1.27. The summed E-state index contributed by atoms with van der Waals surface area (Å²) in [7, 11) is 0. The van der Waals surface area contributed by atoms with Gasteiger partial charge in [-0.2, -0.15) is 0 Å². The number of nitrogens with zero attached hydrogens (tertiary/aromatic N) is 6. The van der Waals surface area contributed by atoms with Crippen LogP contribution >= 0.6 is 0 Å². The van der Waals surface area contributed by atoms with Gasteiger partial charge < -0.3 is 34.0 Å². The second-order valence-corrected chi connectivity index (χ2v) is 11.8. The van der Waals surface area contributed by atoms with Gasteiger partial charge in [-0.3, -0.25) is 9.59 Å². The highest BCUT2D eigenvalue weighted by atomic mass is 16.6. The molecule has 0 saturated carbocycles. The predicted molar refractivity (Wildman–Crippen MR) is 169 cm³/mol. The number of pyridine rings is 1. The largest absolute Gasteiger partial charge is 0.450 e. The van der Waals surface area contributed by atoms with Crippen LogP contribution in [0.25, 0.3) is 0 Å². The van der Waals surface area contributed by atoms with E-state index in [0.717, 1.165) is 36.8 Å². The maximum absolute atomic E-state index is 13.0. The zero-order valence-corrected chi connectivity index (χ0v) is 26.5. The number of esters is 1. The first kappa shape index (κ1) is 32.8. The van der Waals surface area contributed by atoms with Crippen molar-refractivity contribution in [1.29, 1.82) is 0 Å². The molecule has 3 fully saturated rings. The van der Waals surface area contributed by atoms with Gasteiger partial charge in [-0.25, -0.2) is 14.6 Å². The van der Waals surface area contributed by atoms with Gasteiger partial charge >= 0.3 is 12.1 Å². The third-order valence-electron chi connectivity index (χ3n) is 8.69. The van der Waals surface area contributed by atoms with Crippen molar-refractivity contribution in [3.63, 3.8) is 0 Å². The number of piperidine rings is 1. The lowest BCUT2D eigenvalue weighted by molar-refractivity contribution is -0.176. The predicted octanol–water partition coefficient (Wildman–Crippen LogP) is 2.88. The number of hydrogen-bond acceptors (Lipinski definition) is 10. The van der Waals surface area contributed by atoms with E-state index in [4.69, 9.17) is 14.5 Å². The summed E-state index contributed by atoms with van der Waals surface area (Å²) in [6.07, 6.45) is 3.37. The Hall–Kier alpha value is -4.09. The summed E-state index contributed by atoms with van der Waals surface area (Å²) >= 11 is 0. The van der Waals surface area contributed by atoms with Crippen molar-refractivity contribution in [2.75, 3.05) is 80.2 Å². The fourth-order valence-electron chi connectivity index (χ4n) is 6.16. The van der Waals surface area contributed by atoms with Crippen LogP contribution in [0.1, 0.15) is 40.5 Å². The van der Waals surface area contributed by atoms with Crippen LogP contribution in [0, 0.1) is 5.41 Å². The lowest BCUT2D eigenvalue weighted by Crippen LogP contribution is -2.62. The molecule has 3 aliphatic rings. The van der Waals surface area contributed by atoms with Gasteiger partial charge in [0.15, 0.2) is 24.3 Å². The molecule has 2 atom stereocenters. The van der Waals surface area contributed by atoms with E-state index in [9.17, 15) is 19.2 Å². The standard InChI is InChI=1S/C32H46N6O6/c1-7-15-34(9-3)24-13-14-25(35(10-4)16-8-2)33-29(24)36-18-20-37(21-19-36)31(42)43-22-26(39)44-27-23-12-11-17-38(23)30(41)32(5,6)28(27)40/h7-8,13-14,23,27H,1-2,9-12,15-22H2,3-6H3. The minimum absolute atomic E-state index is 0.237. The second kappa shape index (κ2) is 14.1. The molecular formula is C32H46N6O6. The van der Waals surface area contributed by atoms with E-state index in [1.54, 1.807) is 23.6 Å². The summed E-state index contributed by atoms with van der Waals surface area (Å²) in [5.41, 5.74) is -0.274. The number of fused-ring (bicyclic) bond motifs is 1. The molecule has 1 aromatic heterocycles. The number of carbonyl (C=O) groups excluding carboxylic acids is 4. The Morgan fingerprint density at radius 2 is 1.68 bits per heavy atom. The lowest BCUT2D eigenvalue weighted by atomic mass is 9.77. The van der Waals surface area contributed by atoms with Crippen LogP contribution in [0.15, 0.2) is 37.4 Å². The zero-order valence-electron chi connectivity index (χ0n) is 26.5. The number of piperazine rings is 1. The zero-order chi connectivity index (χ0) is 32.0. The number of ether oxygens (including phenoxy) is 2. The number of Topliss-reactive ketones (excluding diaryl/α,β-unsaturated/α-hetero) is 1. The first-order valence-electron chi connectivity index (χ1n) is 15.5. The summed E-state index contributed by atoms with van der Waals surface area (Å²) in [5, 5.41) is 0. The summed E-state index contributed by atoms with van der Waals surface area (Å²) in [6.45, 7) is 19.7. The van der Waals surface area contributed by atoms with Gasteiger partial charge in [0, 0.05) is 58.9 Å². The Labute approximate surface area is 260 Å². The van der Waals surface area contributed by atoms with Crippen molar-refractivity contribution in [2.24, 2.45) is 5.41 Å². The van der Waals surface area contributed by atoms with Crippen molar-refractivity contribution in [3.8, 4) is 0 Å². The smallest absolute Gasteiger partial charge is 0.410 e. The average molecular weight is 611 g/mol. The highest BCUT2D eigenvalue weighted by molar-refractivity contribution is 6.10. The molecular weight excluding hydrogens is 564 g/mol. The van der Waals surface area contributed by atoms with Crippen LogP contribution in [0.5, 0.6) is 0 Å². The Morgan fingerprint density at radius 1 is 1.02 bits per heavy atom. The molecule has 0 aromatic carbocycles.